The molecule has 2 unspecified atom stereocenters. The molecule has 2 nitrogen and oxygen atoms in total. The van der Waals surface area contributed by atoms with Crippen molar-refractivity contribution in [1.82, 2.24) is 0 Å². The molecule has 0 amide bonds. The molecule has 0 heterocycles. The fraction of sp³-hybridized carbons (Fsp3) is 0.870. The molecular weight excluding hydrogens is 308 g/mol. The Morgan fingerprint density at radius 1 is 0.880 bits per heavy atom. The summed E-state index contributed by atoms with van der Waals surface area (Å²) in [6, 6.07) is 0. The van der Waals surface area contributed by atoms with Crippen LogP contribution in [0, 0.1) is 11.8 Å². The smallest absolute Gasteiger partial charge is 0.306 e. The molecule has 0 bridgehead atoms. The van der Waals surface area contributed by atoms with Crippen LogP contribution in [0.15, 0.2) is 12.2 Å². The highest BCUT2D eigenvalue weighted by Gasteiger charge is 2.12. The molecule has 0 rings (SSSR count). The fourth-order valence-electron chi connectivity index (χ4n) is 2.78. The second kappa shape index (κ2) is 16.7. The summed E-state index contributed by atoms with van der Waals surface area (Å²) in [5.74, 6) is 1.10. The summed E-state index contributed by atoms with van der Waals surface area (Å²) in [4.78, 5) is 11.7. The number of hydrogen-bond acceptors (Lipinski definition) is 2. The van der Waals surface area contributed by atoms with Crippen LogP contribution in [0.1, 0.15) is 112 Å². The predicted molar refractivity (Wildman–Crippen MR) is 110 cm³/mol. The van der Waals surface area contributed by atoms with E-state index in [9.17, 15) is 4.79 Å². The Labute approximate surface area is 157 Å². The molecule has 0 saturated heterocycles. The topological polar surface area (TPSA) is 26.3 Å². The number of carbonyl (C=O) groups is 1. The molecule has 0 radical (unpaired) electrons. The monoisotopic (exact) mass is 352 g/mol. The van der Waals surface area contributed by atoms with Crippen LogP contribution in [0.3, 0.4) is 0 Å². The van der Waals surface area contributed by atoms with Crippen LogP contribution < -0.4 is 0 Å². The number of unbranched alkanes of at least 4 members (excludes halogenated alkanes) is 8. The summed E-state index contributed by atoms with van der Waals surface area (Å²) in [6.07, 6.45) is 19.3. The molecule has 25 heavy (non-hydrogen) atoms. The van der Waals surface area contributed by atoms with E-state index in [-0.39, 0.29) is 12.1 Å². The fourth-order valence-corrected chi connectivity index (χ4v) is 2.78. The normalized spacial score (nSPS) is 14.2. The Morgan fingerprint density at radius 2 is 1.52 bits per heavy atom. The third-order valence-corrected chi connectivity index (χ3v) is 4.99. The SMILES string of the molecule is CCCCCCC(C)/C=C\CCCCCCCC(=O)OC(C)C(C)C. The molecular formula is C23H44O2. The van der Waals surface area contributed by atoms with E-state index in [1.165, 1.54) is 57.8 Å². The van der Waals surface area contributed by atoms with E-state index in [4.69, 9.17) is 4.74 Å². The highest BCUT2D eigenvalue weighted by atomic mass is 16.5. The molecule has 0 aromatic carbocycles. The first-order valence-electron chi connectivity index (χ1n) is 10.8. The minimum absolute atomic E-state index is 0.0305. The molecule has 0 aliphatic carbocycles. The first kappa shape index (κ1) is 24.2. The van der Waals surface area contributed by atoms with Crippen LogP contribution in [0.25, 0.3) is 0 Å². The Kier molecular flexibility index (Phi) is 16.1. The second-order valence-electron chi connectivity index (χ2n) is 8.00. The zero-order valence-electron chi connectivity index (χ0n) is 17.7. The molecule has 0 aliphatic heterocycles. The molecule has 0 spiro atoms. The van der Waals surface area contributed by atoms with Gasteiger partial charge < -0.3 is 4.74 Å². The third kappa shape index (κ3) is 16.4. The summed E-state index contributed by atoms with van der Waals surface area (Å²) in [7, 11) is 0. The van der Waals surface area contributed by atoms with Crippen molar-refractivity contribution >= 4 is 5.97 Å². The number of ether oxygens (including phenoxy) is 1. The Balaban J connectivity index is 3.43. The van der Waals surface area contributed by atoms with E-state index < -0.39 is 0 Å². The van der Waals surface area contributed by atoms with Crippen molar-refractivity contribution < 1.29 is 9.53 Å². The van der Waals surface area contributed by atoms with E-state index in [0.717, 1.165) is 18.8 Å². The van der Waals surface area contributed by atoms with E-state index in [2.05, 4.69) is 39.8 Å². The molecule has 2 heteroatoms. The zero-order valence-corrected chi connectivity index (χ0v) is 17.7. The van der Waals surface area contributed by atoms with Gasteiger partial charge in [0.1, 0.15) is 6.10 Å². The molecule has 0 aliphatic rings. The molecule has 0 fully saturated rings. The van der Waals surface area contributed by atoms with Gasteiger partial charge in [0.05, 0.1) is 0 Å². The number of rotatable bonds is 16. The minimum atomic E-state index is -0.0305. The Morgan fingerprint density at radius 3 is 2.20 bits per heavy atom. The van der Waals surface area contributed by atoms with E-state index >= 15 is 0 Å². The number of esters is 1. The van der Waals surface area contributed by atoms with Crippen molar-refractivity contribution in [3.8, 4) is 0 Å². The number of hydrogen-bond donors (Lipinski definition) is 0. The molecule has 148 valence electrons. The number of allylic oxidation sites excluding steroid dienone is 2. The van der Waals surface area contributed by atoms with Crippen LogP contribution in [0.5, 0.6) is 0 Å². The van der Waals surface area contributed by atoms with Crippen LogP contribution >= 0.6 is 0 Å². The lowest BCUT2D eigenvalue weighted by molar-refractivity contribution is -0.150. The largest absolute Gasteiger partial charge is 0.462 e. The average Bonchev–Trinajstić information content (AvgIpc) is 2.57. The molecule has 0 aromatic heterocycles. The van der Waals surface area contributed by atoms with Crippen molar-refractivity contribution in [2.24, 2.45) is 11.8 Å². The first-order valence-corrected chi connectivity index (χ1v) is 10.8. The van der Waals surface area contributed by atoms with Gasteiger partial charge in [-0.05, 0) is 44.4 Å². The van der Waals surface area contributed by atoms with Crippen molar-refractivity contribution in [1.29, 1.82) is 0 Å². The van der Waals surface area contributed by atoms with Crippen LogP contribution in [-0.2, 0) is 9.53 Å². The van der Waals surface area contributed by atoms with Gasteiger partial charge in [-0.2, -0.15) is 0 Å². The van der Waals surface area contributed by atoms with Gasteiger partial charge in [0.25, 0.3) is 0 Å². The maximum atomic E-state index is 11.7. The molecule has 0 aromatic rings. The van der Waals surface area contributed by atoms with Gasteiger partial charge in [0.15, 0.2) is 0 Å². The van der Waals surface area contributed by atoms with E-state index in [1.807, 2.05) is 6.92 Å². The van der Waals surface area contributed by atoms with E-state index in [1.54, 1.807) is 0 Å². The predicted octanol–water partition coefficient (Wildman–Crippen LogP) is 7.47. The van der Waals surface area contributed by atoms with Gasteiger partial charge in [-0.15, -0.1) is 0 Å². The van der Waals surface area contributed by atoms with Gasteiger partial charge in [-0.25, -0.2) is 0 Å². The lowest BCUT2D eigenvalue weighted by Gasteiger charge is -2.16. The lowest BCUT2D eigenvalue weighted by atomic mass is 10.0. The van der Waals surface area contributed by atoms with Gasteiger partial charge >= 0.3 is 5.97 Å². The van der Waals surface area contributed by atoms with Crippen LogP contribution in [0.2, 0.25) is 0 Å². The maximum Gasteiger partial charge on any atom is 0.306 e. The summed E-state index contributed by atoms with van der Waals surface area (Å²) < 4.78 is 5.39. The van der Waals surface area contributed by atoms with Gasteiger partial charge in [-0.3, -0.25) is 4.79 Å². The van der Waals surface area contributed by atoms with Crippen molar-refractivity contribution in [3.63, 3.8) is 0 Å². The Bertz CT molecular complexity index is 333. The van der Waals surface area contributed by atoms with Crippen molar-refractivity contribution in [2.75, 3.05) is 0 Å². The van der Waals surface area contributed by atoms with Gasteiger partial charge in [0, 0.05) is 6.42 Å². The molecule has 0 saturated carbocycles. The summed E-state index contributed by atoms with van der Waals surface area (Å²) >= 11 is 0. The second-order valence-corrected chi connectivity index (χ2v) is 8.00. The van der Waals surface area contributed by atoms with Gasteiger partial charge in [0.2, 0.25) is 0 Å². The average molecular weight is 353 g/mol. The summed E-state index contributed by atoms with van der Waals surface area (Å²) in [5, 5.41) is 0. The Hall–Kier alpha value is -0.790. The highest BCUT2D eigenvalue weighted by molar-refractivity contribution is 5.69. The number of carbonyl (C=O) groups excluding carboxylic acids is 1. The van der Waals surface area contributed by atoms with E-state index in [0.29, 0.717) is 12.3 Å². The van der Waals surface area contributed by atoms with Crippen molar-refractivity contribution in [3.05, 3.63) is 12.2 Å². The quantitative estimate of drug-likeness (QED) is 0.164. The van der Waals surface area contributed by atoms with Gasteiger partial charge in [-0.1, -0.05) is 84.8 Å². The van der Waals surface area contributed by atoms with Crippen molar-refractivity contribution in [2.45, 2.75) is 118 Å². The summed E-state index contributed by atoms with van der Waals surface area (Å²) in [6.45, 7) is 10.7. The lowest BCUT2D eigenvalue weighted by Crippen LogP contribution is -2.19. The standard InChI is InChI=1S/C23H44O2/c1-6-7-8-14-17-21(4)18-15-12-10-9-11-13-16-19-23(24)25-22(5)20(2)3/h15,18,20-22H,6-14,16-17,19H2,1-5H3/b18-15-. The zero-order chi connectivity index (χ0) is 18.9. The molecule has 2 atom stereocenters. The van der Waals surface area contributed by atoms with Crippen LogP contribution in [0.4, 0.5) is 0 Å². The van der Waals surface area contributed by atoms with Crippen LogP contribution in [-0.4, -0.2) is 12.1 Å². The summed E-state index contributed by atoms with van der Waals surface area (Å²) in [5.41, 5.74) is 0. The molecule has 0 N–H and O–H groups in total. The minimum Gasteiger partial charge on any atom is -0.462 e. The third-order valence-electron chi connectivity index (χ3n) is 4.99. The maximum absolute atomic E-state index is 11.7. The highest BCUT2D eigenvalue weighted by Crippen LogP contribution is 2.14. The first-order chi connectivity index (χ1) is 12.0.